The number of hydrogen-bond acceptors (Lipinski definition) is 1. The Balaban J connectivity index is 0. The molecule has 0 aliphatic carbocycles. The van der Waals surface area contributed by atoms with Crippen LogP contribution in [0.25, 0.3) is 0 Å². The first-order chi connectivity index (χ1) is 6.88. The van der Waals surface area contributed by atoms with Gasteiger partial charge in [0.05, 0.1) is 5.60 Å². The van der Waals surface area contributed by atoms with Crippen molar-refractivity contribution in [1.29, 1.82) is 0 Å². The van der Waals surface area contributed by atoms with E-state index in [4.69, 9.17) is 0 Å². The van der Waals surface area contributed by atoms with Crippen molar-refractivity contribution in [2.75, 3.05) is 0 Å². The minimum atomic E-state index is -0.818. The van der Waals surface area contributed by atoms with Crippen LogP contribution in [0.1, 0.15) is 47.5 Å². The zero-order valence-corrected chi connectivity index (χ0v) is 10.9. The number of allylic oxidation sites excluding steroid dienone is 2. The monoisotopic (exact) mass is 210 g/mol. The molecule has 1 heteroatoms. The Bertz CT molecular complexity index is 216. The fraction of sp³-hybridized carbons (Fsp3) is 0.571. The lowest BCUT2D eigenvalue weighted by atomic mass is 9.92. The van der Waals surface area contributed by atoms with Crippen LogP contribution in [-0.2, 0) is 0 Å². The summed E-state index contributed by atoms with van der Waals surface area (Å²) in [6.07, 6.45) is 5.59. The zero-order valence-electron chi connectivity index (χ0n) is 10.9. The molecule has 0 radical (unpaired) electrons. The van der Waals surface area contributed by atoms with Crippen LogP contribution in [0.4, 0.5) is 0 Å². The molecule has 0 aromatic carbocycles. The second kappa shape index (κ2) is 8.49. The molecular weight excluding hydrogens is 184 g/mol. The van der Waals surface area contributed by atoms with E-state index in [9.17, 15) is 5.11 Å². The molecule has 15 heavy (non-hydrogen) atoms. The first-order valence-electron chi connectivity index (χ1n) is 5.59. The summed E-state index contributed by atoms with van der Waals surface area (Å²) in [7, 11) is 0. The summed E-state index contributed by atoms with van der Waals surface area (Å²) in [5.74, 6) is 0. The third-order valence-corrected chi connectivity index (χ3v) is 1.84. The van der Waals surface area contributed by atoms with Crippen LogP contribution in [0.2, 0.25) is 0 Å². The van der Waals surface area contributed by atoms with Crippen LogP contribution in [0.3, 0.4) is 0 Å². The molecular formula is C14H26O. The molecule has 0 heterocycles. The van der Waals surface area contributed by atoms with E-state index < -0.39 is 5.60 Å². The third kappa shape index (κ3) is 7.15. The van der Waals surface area contributed by atoms with Gasteiger partial charge in [-0.3, -0.25) is 0 Å². The predicted molar refractivity (Wildman–Crippen MR) is 70.0 cm³/mol. The second-order valence-corrected chi connectivity index (χ2v) is 3.97. The molecule has 88 valence electrons. The molecule has 0 fully saturated rings. The maximum absolute atomic E-state index is 9.73. The smallest absolute Gasteiger partial charge is 0.0842 e. The lowest BCUT2D eigenvalue weighted by Crippen LogP contribution is -2.22. The van der Waals surface area contributed by atoms with Gasteiger partial charge >= 0.3 is 0 Å². The average molecular weight is 210 g/mol. The zero-order chi connectivity index (χ0) is 12.5. The molecule has 1 nitrogen and oxygen atoms in total. The molecule has 0 aliphatic rings. The van der Waals surface area contributed by atoms with Crippen molar-refractivity contribution in [2.45, 2.75) is 53.1 Å². The van der Waals surface area contributed by atoms with Gasteiger partial charge in [0.1, 0.15) is 0 Å². The Hall–Kier alpha value is -0.820. The Morgan fingerprint density at radius 3 is 1.60 bits per heavy atom. The third-order valence-electron chi connectivity index (χ3n) is 1.84. The molecule has 0 aliphatic heterocycles. The number of hydrogen-bond donors (Lipinski definition) is 1. The van der Waals surface area contributed by atoms with E-state index >= 15 is 0 Å². The van der Waals surface area contributed by atoms with Gasteiger partial charge in [0.15, 0.2) is 0 Å². The van der Waals surface area contributed by atoms with Crippen molar-refractivity contribution in [1.82, 2.24) is 0 Å². The molecule has 0 saturated carbocycles. The first-order valence-corrected chi connectivity index (χ1v) is 5.59. The van der Waals surface area contributed by atoms with Crippen LogP contribution >= 0.6 is 0 Å². The van der Waals surface area contributed by atoms with Gasteiger partial charge in [-0.15, -0.1) is 0 Å². The largest absolute Gasteiger partial charge is 0.386 e. The molecule has 0 aromatic heterocycles. The quantitative estimate of drug-likeness (QED) is 0.688. The van der Waals surface area contributed by atoms with Crippen molar-refractivity contribution in [2.24, 2.45) is 0 Å². The highest BCUT2D eigenvalue weighted by atomic mass is 16.3. The lowest BCUT2D eigenvalue weighted by Gasteiger charge is -2.21. The lowest BCUT2D eigenvalue weighted by molar-refractivity contribution is 0.123. The van der Waals surface area contributed by atoms with Gasteiger partial charge in [0.2, 0.25) is 0 Å². The summed E-state index contributed by atoms with van der Waals surface area (Å²) in [6.45, 7) is 17.2. The van der Waals surface area contributed by atoms with Crippen LogP contribution in [-0.4, -0.2) is 10.7 Å². The minimum absolute atomic E-state index is 0.818. The first kappa shape index (κ1) is 16.6. The maximum Gasteiger partial charge on any atom is 0.0842 e. The van der Waals surface area contributed by atoms with Gasteiger partial charge in [-0.05, 0) is 31.4 Å². The topological polar surface area (TPSA) is 20.2 Å². The van der Waals surface area contributed by atoms with Gasteiger partial charge in [-0.1, -0.05) is 52.5 Å². The molecule has 0 amide bonds. The highest BCUT2D eigenvalue weighted by molar-refractivity contribution is 5.36. The summed E-state index contributed by atoms with van der Waals surface area (Å²) in [6, 6.07) is 0. The van der Waals surface area contributed by atoms with Crippen LogP contribution < -0.4 is 0 Å². The fourth-order valence-electron chi connectivity index (χ4n) is 1.22. The highest BCUT2D eigenvalue weighted by Gasteiger charge is 2.18. The van der Waals surface area contributed by atoms with Crippen LogP contribution in [0.5, 0.6) is 0 Å². The van der Waals surface area contributed by atoms with Gasteiger partial charge in [-0.2, -0.15) is 0 Å². The Morgan fingerprint density at radius 2 is 1.53 bits per heavy atom. The summed E-state index contributed by atoms with van der Waals surface area (Å²) >= 11 is 0. The standard InChI is InChI=1S/C11H18O.C3H8/c1-6-9(7-2)10(8-3)11(4,5)12;1-3-2/h6,8,12H,1,3,7H2,2,4-5H3;3H2,1-2H3/b10-9-;. The molecule has 1 N–H and O–H groups in total. The number of aliphatic hydroxyl groups is 1. The van der Waals surface area contributed by atoms with E-state index in [0.29, 0.717) is 0 Å². The molecule has 0 bridgehead atoms. The van der Waals surface area contributed by atoms with E-state index in [1.54, 1.807) is 26.0 Å². The van der Waals surface area contributed by atoms with Gasteiger partial charge in [0.25, 0.3) is 0 Å². The average Bonchev–Trinajstić information content (AvgIpc) is 2.13. The van der Waals surface area contributed by atoms with Crippen molar-refractivity contribution in [3.05, 3.63) is 36.5 Å². The molecule has 0 spiro atoms. The van der Waals surface area contributed by atoms with E-state index in [1.807, 2.05) is 6.92 Å². The molecule has 0 rings (SSSR count). The van der Waals surface area contributed by atoms with Crippen molar-refractivity contribution in [3.8, 4) is 0 Å². The summed E-state index contributed by atoms with van der Waals surface area (Å²) < 4.78 is 0. The summed E-state index contributed by atoms with van der Waals surface area (Å²) in [5, 5.41) is 9.73. The van der Waals surface area contributed by atoms with Gasteiger partial charge in [-0.25, -0.2) is 0 Å². The highest BCUT2D eigenvalue weighted by Crippen LogP contribution is 2.22. The van der Waals surface area contributed by atoms with Crippen LogP contribution in [0.15, 0.2) is 36.5 Å². The molecule has 0 unspecified atom stereocenters. The van der Waals surface area contributed by atoms with E-state index in [2.05, 4.69) is 27.0 Å². The van der Waals surface area contributed by atoms with E-state index in [-0.39, 0.29) is 0 Å². The molecule has 0 saturated heterocycles. The summed E-state index contributed by atoms with van der Waals surface area (Å²) in [5.41, 5.74) is 1.10. The van der Waals surface area contributed by atoms with Crippen molar-refractivity contribution in [3.63, 3.8) is 0 Å². The van der Waals surface area contributed by atoms with Gasteiger partial charge in [0, 0.05) is 0 Å². The van der Waals surface area contributed by atoms with E-state index in [1.165, 1.54) is 6.42 Å². The minimum Gasteiger partial charge on any atom is -0.386 e. The van der Waals surface area contributed by atoms with Gasteiger partial charge < -0.3 is 5.11 Å². The Kier molecular flexibility index (Phi) is 9.39. The maximum atomic E-state index is 9.73. The normalized spacial score (nSPS) is 12.1. The summed E-state index contributed by atoms with van der Waals surface area (Å²) in [4.78, 5) is 0. The Morgan fingerprint density at radius 1 is 1.13 bits per heavy atom. The fourth-order valence-corrected chi connectivity index (χ4v) is 1.22. The van der Waals surface area contributed by atoms with Crippen molar-refractivity contribution >= 4 is 0 Å². The second-order valence-electron chi connectivity index (χ2n) is 3.97. The molecule has 0 atom stereocenters. The Labute approximate surface area is 95.2 Å². The SMILES string of the molecule is C=C/C(CC)=C(\C=C)C(C)(C)O.CCC. The van der Waals surface area contributed by atoms with Crippen LogP contribution in [0, 0.1) is 0 Å². The van der Waals surface area contributed by atoms with Crippen molar-refractivity contribution < 1.29 is 5.11 Å². The predicted octanol–water partition coefficient (Wildman–Crippen LogP) is 4.25. The van der Waals surface area contributed by atoms with E-state index in [0.717, 1.165) is 17.6 Å². The molecule has 0 aromatic rings. The number of rotatable bonds is 4.